The normalized spacial score (nSPS) is 26.9. The van der Waals surface area contributed by atoms with E-state index in [2.05, 4.69) is 15.5 Å². The Bertz CT molecular complexity index is 1000. The first kappa shape index (κ1) is 19.5. The maximum absolute atomic E-state index is 13.4. The van der Waals surface area contributed by atoms with Gasteiger partial charge in [-0.1, -0.05) is 18.0 Å². The number of rotatable bonds is 7. The van der Waals surface area contributed by atoms with Gasteiger partial charge in [0, 0.05) is 12.5 Å². The van der Waals surface area contributed by atoms with Crippen LogP contribution in [-0.4, -0.2) is 28.6 Å². The van der Waals surface area contributed by atoms with Crippen LogP contribution in [0.5, 0.6) is 5.75 Å². The predicted molar refractivity (Wildman–Crippen MR) is 103 cm³/mol. The molecule has 0 atom stereocenters. The molecule has 4 saturated carbocycles. The zero-order chi connectivity index (χ0) is 20.9. The molecule has 1 aromatic heterocycles. The van der Waals surface area contributed by atoms with Crippen LogP contribution in [0.15, 0.2) is 22.6 Å². The molecule has 4 aliphatic carbocycles. The van der Waals surface area contributed by atoms with Crippen molar-refractivity contribution in [1.29, 1.82) is 0 Å². The Kier molecular flexibility index (Phi) is 4.57. The van der Waals surface area contributed by atoms with Crippen LogP contribution < -0.4 is 10.1 Å². The van der Waals surface area contributed by atoms with E-state index in [0.717, 1.165) is 12.5 Å². The van der Waals surface area contributed by atoms with Crippen LogP contribution >= 0.6 is 11.6 Å². The topological polar surface area (TPSA) is 94.3 Å². The van der Waals surface area contributed by atoms with Gasteiger partial charge < -0.3 is 9.15 Å². The maximum atomic E-state index is 13.4. The Balaban J connectivity index is 1.11. The highest BCUT2D eigenvalue weighted by molar-refractivity contribution is 6.30. The van der Waals surface area contributed by atoms with Crippen LogP contribution in [0.1, 0.15) is 50.3 Å². The highest BCUT2D eigenvalue weighted by Gasteiger charge is 2.74. The van der Waals surface area contributed by atoms with Gasteiger partial charge in [0.1, 0.15) is 11.6 Å². The standard InChI is InChI=1S/C21H21ClFN3O4/c22-14-5-4-13(7-15(14)23)29-8-16(27)24-18(28)20-9-21(10-20,11-20)19-26-25-17(30-19)6-12-2-1-3-12/h4-5,7,12H,1-3,6,8-11H2,(H,24,27,28). The van der Waals surface area contributed by atoms with Gasteiger partial charge in [-0.2, -0.15) is 0 Å². The molecule has 4 aliphatic rings. The predicted octanol–water partition coefficient (Wildman–Crippen LogP) is 3.35. The van der Waals surface area contributed by atoms with Crippen molar-refractivity contribution in [2.45, 2.75) is 50.4 Å². The highest BCUT2D eigenvalue weighted by atomic mass is 35.5. The van der Waals surface area contributed by atoms with Crippen molar-refractivity contribution in [3.63, 3.8) is 0 Å². The molecule has 0 radical (unpaired) electrons. The molecule has 1 N–H and O–H groups in total. The van der Waals surface area contributed by atoms with Gasteiger partial charge in [0.15, 0.2) is 6.61 Å². The van der Waals surface area contributed by atoms with Crippen LogP contribution in [0, 0.1) is 17.2 Å². The van der Waals surface area contributed by atoms with E-state index < -0.39 is 17.1 Å². The second-order valence-electron chi connectivity index (χ2n) is 8.83. The minimum atomic E-state index is -0.637. The second kappa shape index (κ2) is 7.04. The number of ether oxygens (including phenoxy) is 1. The molecule has 9 heteroatoms. The van der Waals surface area contributed by atoms with E-state index in [9.17, 15) is 14.0 Å². The monoisotopic (exact) mass is 433 g/mol. The Morgan fingerprint density at radius 1 is 1.27 bits per heavy atom. The van der Waals surface area contributed by atoms with E-state index in [1.807, 2.05) is 0 Å². The largest absolute Gasteiger partial charge is 0.484 e. The van der Waals surface area contributed by atoms with Gasteiger partial charge in [0.2, 0.25) is 17.7 Å². The van der Waals surface area contributed by atoms with Gasteiger partial charge in [-0.25, -0.2) is 4.39 Å². The summed E-state index contributed by atoms with van der Waals surface area (Å²) in [6.07, 6.45) is 6.36. The molecule has 0 saturated heterocycles. The maximum Gasteiger partial charge on any atom is 0.264 e. The molecule has 7 nitrogen and oxygen atoms in total. The number of carbonyl (C=O) groups is 2. The van der Waals surface area contributed by atoms with Crippen LogP contribution in [0.2, 0.25) is 5.02 Å². The minimum Gasteiger partial charge on any atom is -0.484 e. The van der Waals surface area contributed by atoms with E-state index in [1.165, 1.54) is 31.4 Å². The third-order valence-corrected chi connectivity index (χ3v) is 6.94. The summed E-state index contributed by atoms with van der Waals surface area (Å²) in [4.78, 5) is 24.6. The number of aromatic nitrogens is 2. The first-order valence-electron chi connectivity index (χ1n) is 10.1. The van der Waals surface area contributed by atoms with Crippen molar-refractivity contribution in [1.82, 2.24) is 15.5 Å². The number of amides is 2. The average molecular weight is 434 g/mol. The summed E-state index contributed by atoms with van der Waals surface area (Å²) in [5, 5.41) is 10.7. The van der Waals surface area contributed by atoms with Gasteiger partial charge in [0.25, 0.3) is 5.91 Å². The van der Waals surface area contributed by atoms with Crippen molar-refractivity contribution < 1.29 is 23.1 Å². The fourth-order valence-electron chi connectivity index (χ4n) is 4.76. The molecule has 1 heterocycles. The van der Waals surface area contributed by atoms with Gasteiger partial charge in [-0.15, -0.1) is 10.2 Å². The molecule has 6 rings (SSSR count). The SMILES string of the molecule is O=C(COc1ccc(Cl)c(F)c1)NC(=O)C12CC(c3nnc(CC4CCC4)o3)(C1)C2. The summed E-state index contributed by atoms with van der Waals surface area (Å²) < 4.78 is 24.5. The molecule has 1 aromatic carbocycles. The van der Waals surface area contributed by atoms with Crippen molar-refractivity contribution in [2.75, 3.05) is 6.61 Å². The third kappa shape index (κ3) is 3.27. The van der Waals surface area contributed by atoms with E-state index in [4.69, 9.17) is 20.8 Å². The molecule has 2 amide bonds. The Morgan fingerprint density at radius 3 is 2.70 bits per heavy atom. The minimum absolute atomic E-state index is 0.0315. The van der Waals surface area contributed by atoms with Gasteiger partial charge >= 0.3 is 0 Å². The van der Waals surface area contributed by atoms with Gasteiger partial charge in [-0.3, -0.25) is 14.9 Å². The van der Waals surface area contributed by atoms with E-state index >= 15 is 0 Å². The average Bonchev–Trinajstić information content (AvgIpc) is 3.05. The third-order valence-electron chi connectivity index (χ3n) is 6.63. The Hall–Kier alpha value is -2.48. The van der Waals surface area contributed by atoms with Crippen molar-refractivity contribution in [2.24, 2.45) is 11.3 Å². The van der Waals surface area contributed by atoms with Crippen molar-refractivity contribution in [3.05, 3.63) is 40.8 Å². The number of hydrogen-bond donors (Lipinski definition) is 1. The molecule has 0 unspecified atom stereocenters. The molecule has 2 aromatic rings. The molecular formula is C21H21ClFN3O4. The lowest BCUT2D eigenvalue weighted by molar-refractivity contribution is -0.182. The molecule has 30 heavy (non-hydrogen) atoms. The molecule has 0 aliphatic heterocycles. The van der Waals surface area contributed by atoms with Crippen LogP contribution in [0.25, 0.3) is 0 Å². The second-order valence-corrected chi connectivity index (χ2v) is 9.24. The number of imide groups is 1. The Morgan fingerprint density at radius 2 is 2.03 bits per heavy atom. The quantitative estimate of drug-likeness (QED) is 0.719. The molecule has 2 bridgehead atoms. The summed E-state index contributed by atoms with van der Waals surface area (Å²) in [6, 6.07) is 3.88. The number of benzene rings is 1. The van der Waals surface area contributed by atoms with Crippen molar-refractivity contribution >= 4 is 23.4 Å². The van der Waals surface area contributed by atoms with E-state index in [1.54, 1.807) is 0 Å². The summed E-state index contributed by atoms with van der Waals surface area (Å²) >= 11 is 5.61. The number of halogens is 2. The zero-order valence-electron chi connectivity index (χ0n) is 16.2. The summed E-state index contributed by atoms with van der Waals surface area (Å²) in [5.41, 5.74) is -0.771. The van der Waals surface area contributed by atoms with Crippen LogP contribution in [0.3, 0.4) is 0 Å². The van der Waals surface area contributed by atoms with Crippen LogP contribution in [-0.2, 0) is 21.4 Å². The fourth-order valence-corrected chi connectivity index (χ4v) is 4.88. The Labute approximate surface area is 177 Å². The smallest absolute Gasteiger partial charge is 0.264 e. The lowest BCUT2D eigenvalue weighted by Crippen LogP contribution is -2.70. The molecular weight excluding hydrogens is 413 g/mol. The number of carbonyl (C=O) groups excluding carboxylic acids is 2. The summed E-state index contributed by atoms with van der Waals surface area (Å²) in [5.74, 6) is 0.597. The van der Waals surface area contributed by atoms with Crippen LogP contribution in [0.4, 0.5) is 4.39 Å². The summed E-state index contributed by atoms with van der Waals surface area (Å²) in [7, 11) is 0. The lowest BCUT2D eigenvalue weighted by Gasteiger charge is -2.67. The summed E-state index contributed by atoms with van der Waals surface area (Å²) in [6.45, 7) is -0.387. The first-order valence-corrected chi connectivity index (χ1v) is 10.5. The molecule has 0 spiro atoms. The van der Waals surface area contributed by atoms with E-state index in [0.29, 0.717) is 37.0 Å². The van der Waals surface area contributed by atoms with Crippen molar-refractivity contribution in [3.8, 4) is 5.75 Å². The van der Waals surface area contributed by atoms with Gasteiger partial charge in [0.05, 0.1) is 15.9 Å². The number of nitrogens with zero attached hydrogens (tertiary/aromatic N) is 2. The lowest BCUT2D eigenvalue weighted by atomic mass is 9.34. The zero-order valence-corrected chi connectivity index (χ0v) is 17.0. The molecule has 158 valence electrons. The molecule has 4 fully saturated rings. The number of hydrogen-bond acceptors (Lipinski definition) is 6. The fraction of sp³-hybridized carbons (Fsp3) is 0.524. The van der Waals surface area contributed by atoms with Gasteiger partial charge in [-0.05, 0) is 50.2 Å². The number of nitrogens with one attached hydrogen (secondary N) is 1. The van der Waals surface area contributed by atoms with E-state index in [-0.39, 0.29) is 28.7 Å². The highest BCUT2D eigenvalue weighted by Crippen LogP contribution is 2.73. The first-order chi connectivity index (χ1) is 14.4.